The van der Waals surface area contributed by atoms with Gasteiger partial charge in [-0.15, -0.1) is 0 Å². The van der Waals surface area contributed by atoms with Crippen molar-refractivity contribution < 1.29 is 0 Å². The molecule has 0 spiro atoms. The predicted molar refractivity (Wildman–Crippen MR) is 43.4 cm³/mol. The van der Waals surface area contributed by atoms with Gasteiger partial charge in [0.2, 0.25) is 0 Å². The largest absolute Gasteiger partial charge is 0.358 e. The van der Waals surface area contributed by atoms with Crippen molar-refractivity contribution in [2.75, 3.05) is 0 Å². The molecule has 0 aromatic carbocycles. The van der Waals surface area contributed by atoms with Gasteiger partial charge in [-0.25, -0.2) is 9.97 Å². The number of aryl methyl sites for hydroxylation is 2. The first-order valence-corrected chi connectivity index (χ1v) is 3.54. The summed E-state index contributed by atoms with van der Waals surface area (Å²) < 4.78 is 0. The van der Waals surface area contributed by atoms with Crippen LogP contribution in [0.15, 0.2) is 12.5 Å². The molecule has 0 radical (unpaired) electrons. The van der Waals surface area contributed by atoms with E-state index in [9.17, 15) is 0 Å². The lowest BCUT2D eigenvalue weighted by molar-refractivity contribution is 1.14. The predicted octanol–water partition coefficient (Wildman–Crippen LogP) is 1.57. The summed E-state index contributed by atoms with van der Waals surface area (Å²) in [5, 5.41) is 0. The van der Waals surface area contributed by atoms with Crippen molar-refractivity contribution in [3.63, 3.8) is 0 Å². The van der Waals surface area contributed by atoms with Crippen molar-refractivity contribution >= 4 is 11.0 Å². The maximum atomic E-state index is 4.16. The number of hydrogen-bond acceptors (Lipinski definition) is 2. The fraction of sp³-hybridized carbons (Fsp3) is 0.250. The van der Waals surface area contributed by atoms with Crippen molar-refractivity contribution in [1.29, 1.82) is 0 Å². The zero-order chi connectivity index (χ0) is 7.84. The molecule has 2 aromatic heterocycles. The first kappa shape index (κ1) is 6.34. The zero-order valence-corrected chi connectivity index (χ0v) is 6.55. The van der Waals surface area contributed by atoms with E-state index in [1.54, 1.807) is 6.33 Å². The molecule has 0 atom stereocenters. The molecule has 56 valence electrons. The number of rotatable bonds is 0. The number of fused-ring (bicyclic) bond motifs is 1. The van der Waals surface area contributed by atoms with Gasteiger partial charge in [0.05, 0.1) is 16.7 Å². The van der Waals surface area contributed by atoms with Gasteiger partial charge in [0.25, 0.3) is 0 Å². The summed E-state index contributed by atoms with van der Waals surface area (Å²) in [7, 11) is 0. The summed E-state index contributed by atoms with van der Waals surface area (Å²) >= 11 is 0. The van der Waals surface area contributed by atoms with Gasteiger partial charge < -0.3 is 4.98 Å². The van der Waals surface area contributed by atoms with Crippen molar-refractivity contribution in [2.45, 2.75) is 13.8 Å². The summed E-state index contributed by atoms with van der Waals surface area (Å²) in [6.07, 6.45) is 3.55. The van der Waals surface area contributed by atoms with Crippen LogP contribution in [-0.4, -0.2) is 15.0 Å². The minimum absolute atomic E-state index is 1.00. The Hall–Kier alpha value is -1.38. The number of hydrogen-bond donors (Lipinski definition) is 1. The van der Waals surface area contributed by atoms with E-state index in [0.29, 0.717) is 0 Å². The number of H-pyrrole nitrogens is 1. The van der Waals surface area contributed by atoms with Crippen molar-refractivity contribution in [1.82, 2.24) is 15.0 Å². The average Bonchev–Trinajstić information content (AvgIpc) is 2.35. The molecule has 0 bridgehead atoms. The van der Waals surface area contributed by atoms with Crippen LogP contribution in [0.1, 0.15) is 11.3 Å². The Morgan fingerprint density at radius 1 is 1.27 bits per heavy atom. The highest BCUT2D eigenvalue weighted by atomic mass is 14.9. The Morgan fingerprint density at radius 2 is 2.09 bits per heavy atom. The third-order valence-corrected chi connectivity index (χ3v) is 1.84. The van der Waals surface area contributed by atoms with Crippen molar-refractivity contribution in [2.24, 2.45) is 0 Å². The van der Waals surface area contributed by atoms with E-state index in [-0.39, 0.29) is 0 Å². The molecule has 0 saturated carbocycles. The van der Waals surface area contributed by atoms with Gasteiger partial charge in [0.1, 0.15) is 6.33 Å². The third-order valence-electron chi connectivity index (χ3n) is 1.84. The highest BCUT2D eigenvalue weighted by Crippen LogP contribution is 2.15. The molecule has 0 aliphatic carbocycles. The van der Waals surface area contributed by atoms with Crippen molar-refractivity contribution in [3.8, 4) is 0 Å². The molecule has 2 heterocycles. The summed E-state index contributed by atoms with van der Waals surface area (Å²) in [5.74, 6) is 0. The van der Waals surface area contributed by atoms with Crippen LogP contribution in [0.3, 0.4) is 0 Å². The standard InChI is InChI=1S/C8H9N3/c1-5-3-9-8-6(2)10-4-11-7(5)8/h3-4,9H,1-2H3. The molecule has 0 amide bonds. The molecule has 0 aliphatic rings. The highest BCUT2D eigenvalue weighted by molar-refractivity contribution is 5.79. The Kier molecular flexibility index (Phi) is 1.18. The Bertz CT molecular complexity index is 389. The van der Waals surface area contributed by atoms with Gasteiger partial charge in [-0.05, 0) is 19.4 Å². The summed E-state index contributed by atoms with van der Waals surface area (Å²) in [6, 6.07) is 0. The van der Waals surface area contributed by atoms with Crippen LogP contribution in [-0.2, 0) is 0 Å². The lowest BCUT2D eigenvalue weighted by atomic mass is 10.3. The maximum Gasteiger partial charge on any atom is 0.116 e. The minimum atomic E-state index is 1.00. The molecule has 2 rings (SSSR count). The van der Waals surface area contributed by atoms with Gasteiger partial charge in [-0.3, -0.25) is 0 Å². The number of nitrogens with one attached hydrogen (secondary N) is 1. The molecule has 1 N–H and O–H groups in total. The second-order valence-corrected chi connectivity index (χ2v) is 2.65. The lowest BCUT2D eigenvalue weighted by Gasteiger charge is -1.92. The van der Waals surface area contributed by atoms with Crippen LogP contribution in [0, 0.1) is 13.8 Å². The lowest BCUT2D eigenvalue weighted by Crippen LogP contribution is -1.84. The van der Waals surface area contributed by atoms with E-state index in [1.165, 1.54) is 5.56 Å². The second kappa shape index (κ2) is 2.05. The molecular weight excluding hydrogens is 138 g/mol. The van der Waals surface area contributed by atoms with Crippen LogP contribution in [0.4, 0.5) is 0 Å². The smallest absolute Gasteiger partial charge is 0.116 e. The van der Waals surface area contributed by atoms with Gasteiger partial charge in [-0.2, -0.15) is 0 Å². The molecular formula is C8H9N3. The van der Waals surface area contributed by atoms with E-state index >= 15 is 0 Å². The number of nitrogens with zero attached hydrogens (tertiary/aromatic N) is 2. The van der Waals surface area contributed by atoms with Gasteiger partial charge >= 0.3 is 0 Å². The molecule has 2 aromatic rings. The minimum Gasteiger partial charge on any atom is -0.358 e. The van der Waals surface area contributed by atoms with Gasteiger partial charge in [0.15, 0.2) is 0 Å². The summed E-state index contributed by atoms with van der Waals surface area (Å²) in [6.45, 7) is 4.01. The van der Waals surface area contributed by atoms with Crippen LogP contribution in [0.25, 0.3) is 11.0 Å². The molecule has 0 fully saturated rings. The maximum absolute atomic E-state index is 4.16. The highest BCUT2D eigenvalue weighted by Gasteiger charge is 2.02. The molecule has 11 heavy (non-hydrogen) atoms. The second-order valence-electron chi connectivity index (χ2n) is 2.65. The molecule has 0 aliphatic heterocycles. The van der Waals surface area contributed by atoms with Crippen LogP contribution in [0.2, 0.25) is 0 Å². The average molecular weight is 147 g/mol. The van der Waals surface area contributed by atoms with Crippen LogP contribution in [0.5, 0.6) is 0 Å². The topological polar surface area (TPSA) is 41.6 Å². The van der Waals surface area contributed by atoms with E-state index in [4.69, 9.17) is 0 Å². The zero-order valence-electron chi connectivity index (χ0n) is 6.55. The Balaban J connectivity index is 2.94. The molecule has 0 saturated heterocycles. The summed E-state index contributed by atoms with van der Waals surface area (Å²) in [5.41, 5.74) is 4.25. The SMILES string of the molecule is Cc1c[nH]c2c(C)ncnc12. The Labute approximate surface area is 64.5 Å². The van der Waals surface area contributed by atoms with E-state index in [1.807, 2.05) is 20.0 Å². The van der Waals surface area contributed by atoms with E-state index in [2.05, 4.69) is 15.0 Å². The first-order chi connectivity index (χ1) is 5.29. The number of aromatic amines is 1. The fourth-order valence-corrected chi connectivity index (χ4v) is 1.19. The van der Waals surface area contributed by atoms with Crippen molar-refractivity contribution in [3.05, 3.63) is 23.8 Å². The van der Waals surface area contributed by atoms with Gasteiger partial charge in [-0.1, -0.05) is 0 Å². The Morgan fingerprint density at radius 3 is 2.82 bits per heavy atom. The normalized spacial score (nSPS) is 10.7. The quantitative estimate of drug-likeness (QED) is 0.614. The van der Waals surface area contributed by atoms with Gasteiger partial charge in [0, 0.05) is 6.20 Å². The molecule has 3 nitrogen and oxygen atoms in total. The summed E-state index contributed by atoms with van der Waals surface area (Å²) in [4.78, 5) is 11.4. The van der Waals surface area contributed by atoms with E-state index < -0.39 is 0 Å². The van der Waals surface area contributed by atoms with Crippen LogP contribution < -0.4 is 0 Å². The number of aromatic nitrogens is 3. The monoisotopic (exact) mass is 147 g/mol. The van der Waals surface area contributed by atoms with E-state index in [0.717, 1.165) is 16.7 Å². The van der Waals surface area contributed by atoms with Crippen LogP contribution >= 0.6 is 0 Å². The molecule has 0 unspecified atom stereocenters. The third kappa shape index (κ3) is 0.808. The fourth-order valence-electron chi connectivity index (χ4n) is 1.19. The first-order valence-electron chi connectivity index (χ1n) is 3.54. The molecule has 3 heteroatoms.